The summed E-state index contributed by atoms with van der Waals surface area (Å²) in [5, 5.41) is 61.9. The van der Waals surface area contributed by atoms with Crippen molar-refractivity contribution in [1.82, 2.24) is 9.55 Å². The minimum Gasteiger partial charge on any atom is -0.394 e. The Hall–Kier alpha value is -2.36. The van der Waals surface area contributed by atoms with E-state index in [1.54, 1.807) is 0 Å². The predicted molar refractivity (Wildman–Crippen MR) is 79.1 cm³/mol. The third-order valence-corrected chi connectivity index (χ3v) is 3.75. The molecule has 1 aromatic rings. The van der Waals surface area contributed by atoms with Crippen molar-refractivity contribution in [2.75, 3.05) is 17.7 Å². The number of ether oxygens (including phenoxy) is 1. The summed E-state index contributed by atoms with van der Waals surface area (Å²) in [5.41, 5.74) is 3.18. The monoisotopic (exact) mass is 363 g/mol. The largest absolute Gasteiger partial charge is 0.394 e. The van der Waals surface area contributed by atoms with Crippen LogP contribution in [-0.4, -0.2) is 76.9 Å². The smallest absolute Gasteiger partial charge is 0.376 e. The molecule has 0 bridgehead atoms. The summed E-state index contributed by atoms with van der Waals surface area (Å²) in [5.74, 6) is -4.21. The van der Waals surface area contributed by atoms with Crippen molar-refractivity contribution in [3.8, 4) is 0 Å². The van der Waals surface area contributed by atoms with Gasteiger partial charge in [0.1, 0.15) is 18.3 Å². The molecular formula is C11H17N5O9. The van der Waals surface area contributed by atoms with Gasteiger partial charge < -0.3 is 41.3 Å². The molecular weight excluding hydrogens is 346 g/mol. The van der Waals surface area contributed by atoms with E-state index in [1.807, 2.05) is 5.32 Å². The SMILES string of the molecule is Cn1c(N)nc(NC2(O)O[C@H](CO)[C@@H](O)[C@H](O)[C@H]2O)c([N+](=O)[O-])c1=O. The highest BCUT2D eigenvalue weighted by atomic mass is 16.7. The first-order chi connectivity index (χ1) is 11.5. The van der Waals surface area contributed by atoms with Crippen molar-refractivity contribution < 1.29 is 35.2 Å². The summed E-state index contributed by atoms with van der Waals surface area (Å²) in [6.07, 6.45) is -7.49. The predicted octanol–water partition coefficient (Wildman–Crippen LogP) is -4.20. The van der Waals surface area contributed by atoms with Crippen LogP contribution in [0.1, 0.15) is 0 Å². The van der Waals surface area contributed by atoms with Crippen molar-refractivity contribution in [3.63, 3.8) is 0 Å². The number of hydrogen-bond acceptors (Lipinski definition) is 12. The minimum absolute atomic E-state index is 0.453. The summed E-state index contributed by atoms with van der Waals surface area (Å²) < 4.78 is 5.57. The summed E-state index contributed by atoms with van der Waals surface area (Å²) in [6.45, 7) is -0.858. The average molecular weight is 363 g/mol. The lowest BCUT2D eigenvalue weighted by Crippen LogP contribution is -2.68. The molecule has 2 rings (SSSR count). The van der Waals surface area contributed by atoms with Gasteiger partial charge in [-0.25, -0.2) is 0 Å². The number of aliphatic hydroxyl groups excluding tert-OH is 4. The topological polar surface area (TPSA) is 226 Å². The van der Waals surface area contributed by atoms with Crippen molar-refractivity contribution >= 4 is 17.5 Å². The molecule has 0 radical (unpaired) electrons. The van der Waals surface area contributed by atoms with Crippen molar-refractivity contribution in [2.45, 2.75) is 30.3 Å². The zero-order valence-corrected chi connectivity index (χ0v) is 12.8. The number of anilines is 2. The van der Waals surface area contributed by atoms with Crippen LogP contribution in [0, 0.1) is 10.1 Å². The Morgan fingerprint density at radius 3 is 2.56 bits per heavy atom. The lowest BCUT2D eigenvalue weighted by molar-refractivity contribution is -0.386. The fraction of sp³-hybridized carbons (Fsp3) is 0.636. The summed E-state index contributed by atoms with van der Waals surface area (Å²) >= 11 is 0. The van der Waals surface area contributed by atoms with E-state index in [9.17, 15) is 35.3 Å². The van der Waals surface area contributed by atoms with Gasteiger partial charge in [0.15, 0.2) is 6.10 Å². The number of nitrogens with two attached hydrogens (primary N) is 1. The highest BCUT2D eigenvalue weighted by molar-refractivity contribution is 5.57. The second kappa shape index (κ2) is 6.51. The highest BCUT2D eigenvalue weighted by Gasteiger charge is 2.54. The second-order valence-electron chi connectivity index (χ2n) is 5.37. The number of aliphatic hydroxyl groups is 5. The van der Waals surface area contributed by atoms with Gasteiger partial charge in [0, 0.05) is 7.05 Å². The first kappa shape index (κ1) is 19.0. The van der Waals surface area contributed by atoms with E-state index in [1.165, 1.54) is 0 Å². The van der Waals surface area contributed by atoms with E-state index in [2.05, 4.69) is 4.98 Å². The van der Waals surface area contributed by atoms with Gasteiger partial charge >= 0.3 is 11.2 Å². The Kier molecular flexibility index (Phi) is 4.94. The molecule has 5 atom stereocenters. The van der Waals surface area contributed by atoms with E-state index in [-0.39, 0.29) is 0 Å². The molecule has 1 unspecified atom stereocenters. The number of rotatable bonds is 4. The first-order valence-corrected chi connectivity index (χ1v) is 6.87. The van der Waals surface area contributed by atoms with Gasteiger partial charge in [-0.15, -0.1) is 0 Å². The minimum atomic E-state index is -2.91. The van der Waals surface area contributed by atoms with Gasteiger partial charge in [-0.3, -0.25) is 19.5 Å². The molecule has 14 heteroatoms. The maximum atomic E-state index is 12.0. The Morgan fingerprint density at radius 2 is 2.04 bits per heavy atom. The number of aromatic nitrogens is 2. The van der Waals surface area contributed by atoms with Crippen LogP contribution in [-0.2, 0) is 11.8 Å². The van der Waals surface area contributed by atoms with Gasteiger partial charge in [-0.1, -0.05) is 0 Å². The molecule has 140 valence electrons. The number of nitrogens with zero attached hydrogens (tertiary/aromatic N) is 3. The first-order valence-electron chi connectivity index (χ1n) is 6.87. The lowest BCUT2D eigenvalue weighted by Gasteiger charge is -2.45. The Morgan fingerprint density at radius 1 is 1.44 bits per heavy atom. The number of hydrogen-bond donors (Lipinski definition) is 7. The molecule has 1 fully saturated rings. The maximum Gasteiger partial charge on any atom is 0.376 e. The standard InChI is InChI=1S/C11H17N5O9/c1-15-9(21)4(16(23)24)8(13-10(15)12)14-11(22)7(20)6(19)5(18)3(2-17)25-11/h3,5-7,14,17-20,22H,2H2,1H3,(H2,12,13)/t3-,5-,6+,7-,11?/m1/s1. The quantitative estimate of drug-likeness (QED) is 0.153. The maximum absolute atomic E-state index is 12.0. The van der Waals surface area contributed by atoms with E-state index in [4.69, 9.17) is 15.6 Å². The van der Waals surface area contributed by atoms with E-state index in [0.717, 1.165) is 7.05 Å². The van der Waals surface area contributed by atoms with Gasteiger partial charge in [0.05, 0.1) is 11.5 Å². The molecule has 0 aliphatic carbocycles. The van der Waals surface area contributed by atoms with Gasteiger partial charge in [-0.2, -0.15) is 4.98 Å². The second-order valence-corrected chi connectivity index (χ2v) is 5.37. The molecule has 0 amide bonds. The average Bonchev–Trinajstić information content (AvgIpc) is 2.54. The molecule has 14 nitrogen and oxygen atoms in total. The van der Waals surface area contributed by atoms with Crippen molar-refractivity contribution in [2.24, 2.45) is 7.05 Å². The summed E-state index contributed by atoms with van der Waals surface area (Å²) in [4.78, 5) is 25.6. The van der Waals surface area contributed by atoms with Gasteiger partial charge in [-0.05, 0) is 0 Å². The molecule has 25 heavy (non-hydrogen) atoms. The molecule has 0 saturated carbocycles. The molecule has 1 aromatic heterocycles. The normalized spacial score (nSPS) is 32.4. The van der Waals surface area contributed by atoms with E-state index < -0.39 is 64.9 Å². The molecule has 1 aliphatic heterocycles. The number of nitro groups is 1. The zero-order chi connectivity index (χ0) is 19.1. The number of nitrogen functional groups attached to an aromatic ring is 1. The molecule has 1 aliphatic rings. The van der Waals surface area contributed by atoms with Gasteiger partial charge in [0.2, 0.25) is 11.8 Å². The summed E-state index contributed by atoms with van der Waals surface area (Å²) in [7, 11) is 1.13. The molecule has 1 saturated heterocycles. The third kappa shape index (κ3) is 3.13. The molecule has 0 spiro atoms. The Labute approximate surface area is 138 Å². The van der Waals surface area contributed by atoms with Crippen LogP contribution in [0.15, 0.2) is 4.79 Å². The Balaban J connectivity index is 2.51. The fourth-order valence-electron chi connectivity index (χ4n) is 2.29. The molecule has 0 aromatic carbocycles. The van der Waals surface area contributed by atoms with Crippen LogP contribution in [0.25, 0.3) is 0 Å². The van der Waals surface area contributed by atoms with Crippen LogP contribution in [0.2, 0.25) is 0 Å². The summed E-state index contributed by atoms with van der Waals surface area (Å²) in [6, 6.07) is 0. The third-order valence-electron chi connectivity index (χ3n) is 3.75. The van der Waals surface area contributed by atoms with Crippen LogP contribution < -0.4 is 16.6 Å². The van der Waals surface area contributed by atoms with Crippen LogP contribution >= 0.6 is 0 Å². The van der Waals surface area contributed by atoms with E-state index in [0.29, 0.717) is 4.57 Å². The van der Waals surface area contributed by atoms with Gasteiger partial charge in [0.25, 0.3) is 5.91 Å². The molecule has 8 N–H and O–H groups in total. The van der Waals surface area contributed by atoms with Crippen LogP contribution in [0.3, 0.4) is 0 Å². The highest BCUT2D eigenvalue weighted by Crippen LogP contribution is 2.31. The van der Waals surface area contributed by atoms with Crippen molar-refractivity contribution in [3.05, 3.63) is 20.5 Å². The number of nitrogens with one attached hydrogen (secondary N) is 1. The lowest BCUT2D eigenvalue weighted by atomic mass is 9.96. The molecule has 2 heterocycles. The van der Waals surface area contributed by atoms with E-state index >= 15 is 0 Å². The van der Waals surface area contributed by atoms with Crippen LogP contribution in [0.4, 0.5) is 17.5 Å². The Bertz CT molecular complexity index is 737. The fourth-order valence-corrected chi connectivity index (χ4v) is 2.29. The van der Waals surface area contributed by atoms with Crippen molar-refractivity contribution in [1.29, 1.82) is 0 Å². The zero-order valence-electron chi connectivity index (χ0n) is 12.8. The van der Waals surface area contributed by atoms with Crippen LogP contribution in [0.5, 0.6) is 0 Å².